The second kappa shape index (κ2) is 3.95. The first-order valence-corrected chi connectivity index (χ1v) is 5.68. The Kier molecular flexibility index (Phi) is 2.87. The molecule has 0 radical (unpaired) electrons. The van der Waals surface area contributed by atoms with Crippen molar-refractivity contribution in [1.82, 2.24) is 5.32 Å². The molecule has 1 saturated heterocycles. The fraction of sp³-hybridized carbons (Fsp3) is 1.00. The summed E-state index contributed by atoms with van der Waals surface area (Å²) in [4.78, 5) is 0. The first-order valence-electron chi connectivity index (χ1n) is 5.68. The average molecular weight is 185 g/mol. The molecule has 1 saturated carbocycles. The minimum absolute atomic E-state index is 0.601. The van der Waals surface area contributed by atoms with Crippen molar-refractivity contribution in [2.24, 2.45) is 5.92 Å². The van der Waals surface area contributed by atoms with Crippen LogP contribution in [0.4, 0.5) is 4.39 Å². The van der Waals surface area contributed by atoms with Crippen LogP contribution in [0.15, 0.2) is 0 Å². The maximum Gasteiger partial charge on any atom is 0.123 e. The Bertz CT molecular complexity index is 157. The summed E-state index contributed by atoms with van der Waals surface area (Å²) in [7, 11) is 0. The van der Waals surface area contributed by atoms with Crippen molar-refractivity contribution in [2.45, 2.75) is 50.6 Å². The predicted octanol–water partition coefficient (Wildman–Crippen LogP) is 2.66. The molecule has 1 N–H and O–H groups in total. The van der Waals surface area contributed by atoms with Gasteiger partial charge < -0.3 is 5.32 Å². The van der Waals surface area contributed by atoms with E-state index in [2.05, 4.69) is 5.32 Å². The Hall–Kier alpha value is -0.110. The Morgan fingerprint density at radius 3 is 2.62 bits per heavy atom. The second-order valence-corrected chi connectivity index (χ2v) is 4.79. The van der Waals surface area contributed by atoms with E-state index in [1.807, 2.05) is 0 Å². The number of nitrogens with one attached hydrogen (secondary N) is 1. The third kappa shape index (κ3) is 2.43. The predicted molar refractivity (Wildman–Crippen MR) is 52.5 cm³/mol. The molecule has 2 rings (SSSR count). The maximum absolute atomic E-state index is 14.2. The van der Waals surface area contributed by atoms with Crippen LogP contribution < -0.4 is 5.32 Å². The van der Waals surface area contributed by atoms with E-state index in [-0.39, 0.29) is 0 Å². The Balaban J connectivity index is 1.83. The highest BCUT2D eigenvalue weighted by atomic mass is 19.1. The zero-order valence-electron chi connectivity index (χ0n) is 8.32. The zero-order chi connectivity index (χ0) is 9.15. The Morgan fingerprint density at radius 2 is 2.00 bits per heavy atom. The number of rotatable bonds is 2. The molecule has 0 spiro atoms. The number of hydrogen-bond donors (Lipinski definition) is 1. The molecular formula is C11H20FN. The lowest BCUT2D eigenvalue weighted by atomic mass is 9.85. The maximum atomic E-state index is 14.2. The average Bonchev–Trinajstić information content (AvgIpc) is 2.57. The van der Waals surface area contributed by atoms with Crippen molar-refractivity contribution < 1.29 is 4.39 Å². The molecule has 0 aromatic heterocycles. The highest BCUT2D eigenvalue weighted by molar-refractivity contribution is 4.88. The van der Waals surface area contributed by atoms with Crippen LogP contribution in [-0.2, 0) is 0 Å². The lowest BCUT2D eigenvalue weighted by Gasteiger charge is -2.32. The van der Waals surface area contributed by atoms with Gasteiger partial charge in [0.25, 0.3) is 0 Å². The number of halogens is 1. The van der Waals surface area contributed by atoms with Gasteiger partial charge in [-0.05, 0) is 31.7 Å². The second-order valence-electron chi connectivity index (χ2n) is 4.79. The van der Waals surface area contributed by atoms with Crippen LogP contribution in [-0.4, -0.2) is 18.8 Å². The van der Waals surface area contributed by atoms with E-state index >= 15 is 0 Å². The third-order valence-corrected chi connectivity index (χ3v) is 3.55. The minimum Gasteiger partial charge on any atom is -0.314 e. The molecule has 0 aromatic carbocycles. The molecule has 2 fully saturated rings. The lowest BCUT2D eigenvalue weighted by Crippen LogP contribution is -2.43. The van der Waals surface area contributed by atoms with Gasteiger partial charge in [-0.15, -0.1) is 0 Å². The summed E-state index contributed by atoms with van der Waals surface area (Å²) < 4.78 is 14.2. The summed E-state index contributed by atoms with van der Waals surface area (Å²) in [5.74, 6) is 0.685. The van der Waals surface area contributed by atoms with Crippen molar-refractivity contribution in [3.63, 3.8) is 0 Å². The third-order valence-electron chi connectivity index (χ3n) is 3.55. The van der Waals surface area contributed by atoms with Gasteiger partial charge in [-0.2, -0.15) is 0 Å². The van der Waals surface area contributed by atoms with Gasteiger partial charge in [0.05, 0.1) is 0 Å². The molecule has 1 aliphatic carbocycles. The molecule has 1 atom stereocenters. The van der Waals surface area contributed by atoms with Crippen LogP contribution in [0, 0.1) is 5.92 Å². The topological polar surface area (TPSA) is 12.0 Å². The molecule has 1 nitrogen and oxygen atoms in total. The van der Waals surface area contributed by atoms with Crippen molar-refractivity contribution in [1.29, 1.82) is 0 Å². The minimum atomic E-state index is -0.868. The van der Waals surface area contributed by atoms with Gasteiger partial charge in [0, 0.05) is 6.54 Å². The fourth-order valence-electron chi connectivity index (χ4n) is 2.84. The smallest absolute Gasteiger partial charge is 0.123 e. The van der Waals surface area contributed by atoms with Gasteiger partial charge in [-0.25, -0.2) is 4.39 Å². The van der Waals surface area contributed by atoms with E-state index in [4.69, 9.17) is 0 Å². The van der Waals surface area contributed by atoms with Crippen LogP contribution in [0.3, 0.4) is 0 Å². The standard InChI is InChI=1S/C11H20FN/c12-11(6-3-7-13-9-11)8-10-4-1-2-5-10/h10,13H,1-9H2. The first kappa shape index (κ1) is 9.45. The van der Waals surface area contributed by atoms with E-state index in [1.54, 1.807) is 0 Å². The monoisotopic (exact) mass is 185 g/mol. The molecular weight excluding hydrogens is 165 g/mol. The van der Waals surface area contributed by atoms with Gasteiger partial charge in [-0.1, -0.05) is 25.7 Å². The summed E-state index contributed by atoms with van der Waals surface area (Å²) in [6.45, 7) is 1.61. The quantitative estimate of drug-likeness (QED) is 0.697. The molecule has 13 heavy (non-hydrogen) atoms. The zero-order valence-corrected chi connectivity index (χ0v) is 8.32. The van der Waals surface area contributed by atoms with Crippen molar-refractivity contribution in [3.8, 4) is 0 Å². The Morgan fingerprint density at radius 1 is 1.23 bits per heavy atom. The van der Waals surface area contributed by atoms with E-state index in [0.717, 1.165) is 25.8 Å². The van der Waals surface area contributed by atoms with Gasteiger partial charge in [0.2, 0.25) is 0 Å². The number of piperidine rings is 1. The normalized spacial score (nSPS) is 36.7. The van der Waals surface area contributed by atoms with Gasteiger partial charge in [0.15, 0.2) is 0 Å². The SMILES string of the molecule is FC1(CC2CCCC2)CCCNC1. The summed E-state index contributed by atoms with van der Waals surface area (Å²) >= 11 is 0. The van der Waals surface area contributed by atoms with Crippen LogP contribution >= 0.6 is 0 Å². The lowest BCUT2D eigenvalue weighted by molar-refractivity contribution is 0.0902. The van der Waals surface area contributed by atoms with Gasteiger partial charge >= 0.3 is 0 Å². The van der Waals surface area contributed by atoms with Crippen LogP contribution in [0.25, 0.3) is 0 Å². The van der Waals surface area contributed by atoms with Crippen LogP contribution in [0.2, 0.25) is 0 Å². The molecule has 1 heterocycles. The van der Waals surface area contributed by atoms with E-state index in [9.17, 15) is 4.39 Å². The van der Waals surface area contributed by atoms with Gasteiger partial charge in [0.1, 0.15) is 5.67 Å². The van der Waals surface area contributed by atoms with Gasteiger partial charge in [-0.3, -0.25) is 0 Å². The fourth-order valence-corrected chi connectivity index (χ4v) is 2.84. The molecule has 1 unspecified atom stereocenters. The van der Waals surface area contributed by atoms with E-state index in [0.29, 0.717) is 12.5 Å². The number of hydrogen-bond acceptors (Lipinski definition) is 1. The van der Waals surface area contributed by atoms with Crippen molar-refractivity contribution in [3.05, 3.63) is 0 Å². The van der Waals surface area contributed by atoms with E-state index in [1.165, 1.54) is 25.7 Å². The van der Waals surface area contributed by atoms with E-state index < -0.39 is 5.67 Å². The Labute approximate surface area is 80.1 Å². The molecule has 0 aromatic rings. The highest BCUT2D eigenvalue weighted by Crippen LogP contribution is 2.36. The largest absolute Gasteiger partial charge is 0.314 e. The van der Waals surface area contributed by atoms with Crippen LogP contribution in [0.1, 0.15) is 44.9 Å². The molecule has 0 bridgehead atoms. The number of alkyl halides is 1. The molecule has 1 aliphatic heterocycles. The first-order chi connectivity index (χ1) is 6.29. The van der Waals surface area contributed by atoms with Crippen molar-refractivity contribution in [2.75, 3.05) is 13.1 Å². The summed E-state index contributed by atoms with van der Waals surface area (Å²) in [5.41, 5.74) is -0.868. The highest BCUT2D eigenvalue weighted by Gasteiger charge is 2.34. The molecule has 0 amide bonds. The summed E-state index contributed by atoms with van der Waals surface area (Å²) in [5, 5.41) is 3.17. The van der Waals surface area contributed by atoms with Crippen molar-refractivity contribution >= 4 is 0 Å². The molecule has 2 heteroatoms. The summed E-state index contributed by atoms with van der Waals surface area (Å²) in [6.07, 6.45) is 7.82. The van der Waals surface area contributed by atoms with Crippen LogP contribution in [0.5, 0.6) is 0 Å². The molecule has 2 aliphatic rings. The summed E-state index contributed by atoms with van der Waals surface area (Å²) in [6, 6.07) is 0. The molecule has 76 valence electrons.